The normalized spacial score (nSPS) is 10.8. The predicted octanol–water partition coefficient (Wildman–Crippen LogP) is 3.88. The van der Waals surface area contributed by atoms with Crippen LogP contribution >= 0.6 is 0 Å². The Kier molecular flexibility index (Phi) is 4.18. The molecule has 0 saturated carbocycles. The zero-order chi connectivity index (χ0) is 13.7. The predicted molar refractivity (Wildman–Crippen MR) is 74.4 cm³/mol. The Labute approximate surface area is 112 Å². The second-order valence-electron chi connectivity index (χ2n) is 4.11. The van der Waals surface area contributed by atoms with Crippen LogP contribution in [0.3, 0.4) is 0 Å². The molecule has 1 aromatic carbocycles. The topological polar surface area (TPSA) is 39.4 Å². The lowest BCUT2D eigenvalue weighted by molar-refractivity contribution is 0.102. The van der Waals surface area contributed by atoms with Gasteiger partial charge in [0.25, 0.3) is 0 Å². The minimum atomic E-state index is -0.137. The van der Waals surface area contributed by atoms with Crippen molar-refractivity contribution < 1.29 is 13.9 Å². The Morgan fingerprint density at radius 1 is 1.21 bits per heavy atom. The molecule has 0 atom stereocenters. The van der Waals surface area contributed by atoms with Crippen LogP contribution in [0.2, 0.25) is 0 Å². The van der Waals surface area contributed by atoms with E-state index in [9.17, 15) is 4.79 Å². The lowest BCUT2D eigenvalue weighted by atomic mass is 10.2. The van der Waals surface area contributed by atoms with Crippen LogP contribution in [-0.4, -0.2) is 12.4 Å². The van der Waals surface area contributed by atoms with Crippen molar-refractivity contribution in [1.29, 1.82) is 0 Å². The van der Waals surface area contributed by atoms with E-state index in [2.05, 4.69) is 0 Å². The first-order valence-corrected chi connectivity index (χ1v) is 6.21. The SMILES string of the molecule is CCOc1ccc(C=CC(=O)c2ccc(C)o2)cc1. The van der Waals surface area contributed by atoms with Crippen molar-refractivity contribution in [2.75, 3.05) is 6.61 Å². The quantitative estimate of drug-likeness (QED) is 0.602. The second kappa shape index (κ2) is 6.05. The fourth-order valence-electron chi connectivity index (χ4n) is 1.66. The highest BCUT2D eigenvalue weighted by Crippen LogP contribution is 2.14. The van der Waals surface area contributed by atoms with Gasteiger partial charge in [0, 0.05) is 0 Å². The first-order chi connectivity index (χ1) is 9.19. The van der Waals surface area contributed by atoms with Crippen LogP contribution in [0.1, 0.15) is 28.8 Å². The van der Waals surface area contributed by atoms with Crippen LogP contribution in [0.15, 0.2) is 46.9 Å². The summed E-state index contributed by atoms with van der Waals surface area (Å²) in [6.45, 7) is 4.40. The zero-order valence-corrected chi connectivity index (χ0v) is 11.1. The molecule has 2 rings (SSSR count). The van der Waals surface area contributed by atoms with Gasteiger partial charge >= 0.3 is 0 Å². The minimum absolute atomic E-state index is 0.137. The van der Waals surface area contributed by atoms with Crippen molar-refractivity contribution in [3.05, 3.63) is 59.6 Å². The fourth-order valence-corrected chi connectivity index (χ4v) is 1.66. The molecule has 0 amide bonds. The molecule has 0 unspecified atom stereocenters. The monoisotopic (exact) mass is 256 g/mol. The number of ketones is 1. The molecule has 0 radical (unpaired) electrons. The summed E-state index contributed by atoms with van der Waals surface area (Å²) >= 11 is 0. The van der Waals surface area contributed by atoms with Gasteiger partial charge < -0.3 is 9.15 Å². The Morgan fingerprint density at radius 2 is 1.95 bits per heavy atom. The lowest BCUT2D eigenvalue weighted by Gasteiger charge is -2.02. The maximum atomic E-state index is 11.8. The van der Waals surface area contributed by atoms with Crippen LogP contribution in [0.4, 0.5) is 0 Å². The number of carbonyl (C=O) groups is 1. The van der Waals surface area contributed by atoms with Gasteiger partial charge in [0.1, 0.15) is 11.5 Å². The maximum absolute atomic E-state index is 11.8. The number of allylic oxidation sites excluding steroid dienone is 1. The molecular formula is C16H16O3. The number of carbonyl (C=O) groups excluding carboxylic acids is 1. The van der Waals surface area contributed by atoms with E-state index < -0.39 is 0 Å². The molecule has 0 saturated heterocycles. The van der Waals surface area contributed by atoms with Gasteiger partial charge in [-0.2, -0.15) is 0 Å². The Bertz CT molecular complexity index is 576. The third kappa shape index (κ3) is 3.58. The van der Waals surface area contributed by atoms with Gasteiger partial charge in [-0.3, -0.25) is 4.79 Å². The van der Waals surface area contributed by atoms with Gasteiger partial charge in [-0.05, 0) is 49.8 Å². The van der Waals surface area contributed by atoms with Gasteiger partial charge in [-0.1, -0.05) is 18.2 Å². The molecule has 0 N–H and O–H groups in total. The fraction of sp³-hybridized carbons (Fsp3) is 0.188. The molecule has 1 heterocycles. The van der Waals surface area contributed by atoms with E-state index in [0.29, 0.717) is 12.4 Å². The molecule has 0 bridgehead atoms. The molecule has 3 nitrogen and oxygen atoms in total. The van der Waals surface area contributed by atoms with Crippen LogP contribution in [0.5, 0.6) is 5.75 Å². The summed E-state index contributed by atoms with van der Waals surface area (Å²) in [6, 6.07) is 11.0. The Morgan fingerprint density at radius 3 is 2.53 bits per heavy atom. The van der Waals surface area contributed by atoms with Crippen molar-refractivity contribution in [1.82, 2.24) is 0 Å². The number of rotatable bonds is 5. The summed E-state index contributed by atoms with van der Waals surface area (Å²) in [5.41, 5.74) is 0.945. The Hall–Kier alpha value is -2.29. The first kappa shape index (κ1) is 13.1. The summed E-state index contributed by atoms with van der Waals surface area (Å²) in [7, 11) is 0. The van der Waals surface area contributed by atoms with Gasteiger partial charge in [0.15, 0.2) is 5.76 Å². The van der Waals surface area contributed by atoms with Gasteiger partial charge in [-0.15, -0.1) is 0 Å². The van der Waals surface area contributed by atoms with Crippen molar-refractivity contribution in [3.63, 3.8) is 0 Å². The standard InChI is InChI=1S/C16H16O3/c1-3-18-14-8-5-13(6-9-14)7-10-15(17)16-11-4-12(2)19-16/h4-11H,3H2,1-2H3. The number of furan rings is 1. The first-order valence-electron chi connectivity index (χ1n) is 6.21. The van der Waals surface area contributed by atoms with E-state index in [1.807, 2.05) is 38.1 Å². The molecule has 3 heteroatoms. The van der Waals surface area contributed by atoms with E-state index in [-0.39, 0.29) is 5.78 Å². The molecule has 0 fully saturated rings. The molecule has 19 heavy (non-hydrogen) atoms. The summed E-state index contributed by atoms with van der Waals surface area (Å²) in [6.07, 6.45) is 3.27. The third-order valence-electron chi connectivity index (χ3n) is 2.60. The van der Waals surface area contributed by atoms with Crippen molar-refractivity contribution in [3.8, 4) is 5.75 Å². The summed E-state index contributed by atoms with van der Waals surface area (Å²) in [5.74, 6) is 1.78. The highest BCUT2D eigenvalue weighted by molar-refractivity contribution is 6.04. The lowest BCUT2D eigenvalue weighted by Crippen LogP contribution is -1.91. The average Bonchev–Trinajstić information content (AvgIpc) is 2.85. The van der Waals surface area contributed by atoms with Crippen LogP contribution in [0.25, 0.3) is 6.08 Å². The molecule has 1 aromatic heterocycles. The second-order valence-corrected chi connectivity index (χ2v) is 4.11. The highest BCUT2D eigenvalue weighted by Gasteiger charge is 2.05. The van der Waals surface area contributed by atoms with E-state index in [1.54, 1.807) is 18.2 Å². The molecule has 98 valence electrons. The smallest absolute Gasteiger partial charge is 0.221 e. The van der Waals surface area contributed by atoms with Crippen molar-refractivity contribution in [2.45, 2.75) is 13.8 Å². The van der Waals surface area contributed by atoms with Crippen molar-refractivity contribution >= 4 is 11.9 Å². The van der Waals surface area contributed by atoms with Crippen LogP contribution < -0.4 is 4.74 Å². The van der Waals surface area contributed by atoms with E-state index >= 15 is 0 Å². The van der Waals surface area contributed by atoms with Crippen molar-refractivity contribution in [2.24, 2.45) is 0 Å². The van der Waals surface area contributed by atoms with Gasteiger partial charge in [0.2, 0.25) is 5.78 Å². The van der Waals surface area contributed by atoms with Crippen LogP contribution in [-0.2, 0) is 0 Å². The maximum Gasteiger partial charge on any atom is 0.221 e. The molecule has 0 aliphatic carbocycles. The third-order valence-corrected chi connectivity index (χ3v) is 2.60. The average molecular weight is 256 g/mol. The number of aryl methyl sites for hydroxylation is 1. The molecular weight excluding hydrogens is 240 g/mol. The summed E-state index contributed by atoms with van der Waals surface area (Å²) < 4.78 is 10.6. The number of hydrogen-bond acceptors (Lipinski definition) is 3. The van der Waals surface area contributed by atoms with Crippen LogP contribution in [0, 0.1) is 6.92 Å². The molecule has 0 spiro atoms. The molecule has 0 aliphatic rings. The molecule has 0 aliphatic heterocycles. The summed E-state index contributed by atoms with van der Waals surface area (Å²) in [5, 5.41) is 0. The van der Waals surface area contributed by atoms with Gasteiger partial charge in [0.05, 0.1) is 6.61 Å². The largest absolute Gasteiger partial charge is 0.494 e. The Balaban J connectivity index is 2.03. The summed E-state index contributed by atoms with van der Waals surface area (Å²) in [4.78, 5) is 11.8. The zero-order valence-electron chi connectivity index (χ0n) is 11.1. The number of hydrogen-bond donors (Lipinski definition) is 0. The van der Waals surface area contributed by atoms with E-state index in [1.165, 1.54) is 6.08 Å². The highest BCUT2D eigenvalue weighted by atomic mass is 16.5. The number of ether oxygens (including phenoxy) is 1. The van der Waals surface area contributed by atoms with Gasteiger partial charge in [-0.25, -0.2) is 0 Å². The van der Waals surface area contributed by atoms with E-state index in [4.69, 9.17) is 9.15 Å². The minimum Gasteiger partial charge on any atom is -0.494 e. The number of benzene rings is 1. The molecule has 2 aromatic rings. The van der Waals surface area contributed by atoms with E-state index in [0.717, 1.165) is 17.1 Å².